The molecule has 0 radical (unpaired) electrons. The second-order valence-corrected chi connectivity index (χ2v) is 29.4. The maximum Gasteiger partial charge on any atom is 0.417 e. The molecule has 552 valence electrons. The van der Waals surface area contributed by atoms with Crippen LogP contribution in [0.1, 0.15) is 186 Å². The van der Waals surface area contributed by atoms with Crippen molar-refractivity contribution in [1.29, 1.82) is 0 Å². The second kappa shape index (κ2) is 35.5. The number of carbonyl (C=O) groups excluding carboxylic acids is 12. The van der Waals surface area contributed by atoms with Gasteiger partial charge in [0.2, 0.25) is 70.9 Å². The highest BCUT2D eigenvalue weighted by atomic mass is 35.5. The zero-order valence-electron chi connectivity index (χ0n) is 59.9. The van der Waals surface area contributed by atoms with Crippen molar-refractivity contribution in [3.05, 3.63) is 34.3 Å². The quantitative estimate of drug-likeness (QED) is 0.238. The molecule has 28 heteroatoms. The van der Waals surface area contributed by atoms with Crippen molar-refractivity contribution >= 4 is 82.5 Å². The van der Waals surface area contributed by atoms with Crippen LogP contribution in [0, 0.1) is 17.8 Å². The van der Waals surface area contributed by atoms with Crippen LogP contribution in [0.2, 0.25) is 5.02 Å². The molecule has 1 unspecified atom stereocenters. The highest BCUT2D eigenvalue weighted by Gasteiger charge is 2.51. The van der Waals surface area contributed by atoms with E-state index in [1.165, 1.54) is 79.9 Å². The molecular formula is C71H108ClF3N12O12. The summed E-state index contributed by atoms with van der Waals surface area (Å²) in [5.41, 5.74) is -2.33. The number of nitrogens with one attached hydrogen (secondary N) is 3. The zero-order valence-corrected chi connectivity index (χ0v) is 60.6. The molecule has 0 bridgehead atoms. The Morgan fingerprint density at radius 1 is 0.616 bits per heavy atom. The molecule has 3 N–H and O–H groups in total. The molecule has 0 aromatic heterocycles. The van der Waals surface area contributed by atoms with Gasteiger partial charge in [-0.2, -0.15) is 13.2 Å². The van der Waals surface area contributed by atoms with E-state index < -0.39 is 173 Å². The third-order valence-electron chi connectivity index (χ3n) is 22.0. The molecule has 6 fully saturated rings. The molecule has 7 rings (SSSR count). The summed E-state index contributed by atoms with van der Waals surface area (Å²) >= 11 is 6.16. The highest BCUT2D eigenvalue weighted by Crippen LogP contribution is 2.38. The molecule has 8 atom stereocenters. The topological polar surface area (TPSA) is 270 Å². The summed E-state index contributed by atoms with van der Waals surface area (Å²) in [5, 5.41) is 8.16. The van der Waals surface area contributed by atoms with Crippen LogP contribution < -0.4 is 16.0 Å². The molecule has 3 aliphatic heterocycles. The number of alkyl halides is 3. The summed E-state index contributed by atoms with van der Waals surface area (Å²) in [6.07, 6.45) is 6.73. The minimum atomic E-state index is -4.76. The lowest BCUT2D eigenvalue weighted by Gasteiger charge is -2.43. The minimum absolute atomic E-state index is 0.0216. The van der Waals surface area contributed by atoms with Crippen LogP contribution in [-0.4, -0.2) is 251 Å². The van der Waals surface area contributed by atoms with Gasteiger partial charge in [-0.3, -0.25) is 57.5 Å². The van der Waals surface area contributed by atoms with Crippen LogP contribution in [0.4, 0.5) is 13.2 Å². The van der Waals surface area contributed by atoms with Crippen molar-refractivity contribution in [2.45, 2.75) is 235 Å². The van der Waals surface area contributed by atoms with Gasteiger partial charge in [0.05, 0.1) is 36.6 Å². The molecule has 3 saturated carbocycles. The van der Waals surface area contributed by atoms with Gasteiger partial charge in [0, 0.05) is 69.0 Å². The predicted octanol–water partition coefficient (Wildman–Crippen LogP) is 5.79. The predicted molar refractivity (Wildman–Crippen MR) is 364 cm³/mol. The molecule has 3 aliphatic carbocycles. The summed E-state index contributed by atoms with van der Waals surface area (Å²) in [4.78, 5) is 190. The first-order valence-electron chi connectivity index (χ1n) is 36.0. The summed E-state index contributed by atoms with van der Waals surface area (Å²) in [6, 6.07) is -5.46. The number of nitrogens with zero attached hydrogens (tertiary/aromatic N) is 9. The molecule has 1 spiro atoms. The van der Waals surface area contributed by atoms with Gasteiger partial charge in [-0.05, 0) is 112 Å². The number of likely N-dealkylation sites (tertiary alicyclic amines) is 1. The molecule has 3 saturated heterocycles. The number of likely N-dealkylation sites (N-methyl/N-ethyl adjacent to an activating group) is 7. The minimum Gasteiger partial charge on any atom is -0.343 e. The maximum atomic E-state index is 15.7. The maximum absolute atomic E-state index is 15.7. The largest absolute Gasteiger partial charge is 0.417 e. The molecule has 12 amide bonds. The average molecular weight is 1410 g/mol. The normalized spacial score (nSPS) is 26.9. The van der Waals surface area contributed by atoms with E-state index in [-0.39, 0.29) is 57.4 Å². The lowest BCUT2D eigenvalue weighted by molar-refractivity contribution is -0.156. The van der Waals surface area contributed by atoms with Gasteiger partial charge in [0.1, 0.15) is 47.8 Å². The second-order valence-electron chi connectivity index (χ2n) is 29.0. The molecule has 1 aromatic rings. The van der Waals surface area contributed by atoms with Gasteiger partial charge in [-0.25, -0.2) is 0 Å². The van der Waals surface area contributed by atoms with Crippen LogP contribution in [0.15, 0.2) is 18.2 Å². The fraction of sp³-hybridized carbons (Fsp3) is 0.746. The SMILES string of the molecule is CCC[C@H]1C(=O)N[C@@H]([C@@H](C)CC)C(=O)N(C)CC(=O)N(C)CC(=O)N(C)[C@@H](CC2CCCCC2)C(=O)N(C)CC(=O)N[C@@H](CCc2ccc(C(F)(F)F)c(Cl)c2)C(=O)N2CCCC2C(=O)NC2(CCCC2)C(=O)N(C)[C@@H](C2CCCCC2)C(=O)N(C)[C@H](C(=O)N2CCCC2)CC(=O)N1C. The Bertz CT molecular complexity index is 3080. The first-order valence-corrected chi connectivity index (χ1v) is 36.4. The molecule has 1 aromatic carbocycles. The van der Waals surface area contributed by atoms with Crippen molar-refractivity contribution in [2.24, 2.45) is 17.8 Å². The highest BCUT2D eigenvalue weighted by molar-refractivity contribution is 6.31. The first kappa shape index (κ1) is 79.3. The van der Waals surface area contributed by atoms with Crippen LogP contribution in [0.5, 0.6) is 0 Å². The van der Waals surface area contributed by atoms with E-state index >= 15 is 19.2 Å². The van der Waals surface area contributed by atoms with Gasteiger partial charge in [-0.15, -0.1) is 0 Å². The Balaban J connectivity index is 1.28. The Morgan fingerprint density at radius 2 is 1.22 bits per heavy atom. The fourth-order valence-electron chi connectivity index (χ4n) is 15.6. The number of carbonyl (C=O) groups is 12. The summed E-state index contributed by atoms with van der Waals surface area (Å²) < 4.78 is 41.6. The van der Waals surface area contributed by atoms with Crippen LogP contribution >= 0.6 is 11.6 Å². The molecule has 3 heterocycles. The van der Waals surface area contributed by atoms with Crippen LogP contribution in [-0.2, 0) is 70.1 Å². The van der Waals surface area contributed by atoms with Crippen molar-refractivity contribution in [2.75, 3.05) is 88.6 Å². The number of halogens is 4. The monoisotopic (exact) mass is 1410 g/mol. The number of benzene rings is 1. The lowest BCUT2D eigenvalue weighted by atomic mass is 9.81. The van der Waals surface area contributed by atoms with E-state index in [9.17, 15) is 51.5 Å². The van der Waals surface area contributed by atoms with E-state index in [0.29, 0.717) is 76.4 Å². The summed E-state index contributed by atoms with van der Waals surface area (Å²) in [6.45, 7) is 4.56. The smallest absolute Gasteiger partial charge is 0.343 e. The van der Waals surface area contributed by atoms with Crippen LogP contribution in [0.3, 0.4) is 0 Å². The van der Waals surface area contributed by atoms with E-state index in [0.717, 1.165) is 78.2 Å². The summed E-state index contributed by atoms with van der Waals surface area (Å²) in [7, 11) is 10.00. The van der Waals surface area contributed by atoms with Gasteiger partial charge >= 0.3 is 6.18 Å². The Kier molecular flexibility index (Phi) is 28.4. The van der Waals surface area contributed by atoms with Gasteiger partial charge in [0.25, 0.3) is 0 Å². The number of fused-ring (bicyclic) bond motifs is 1. The standard InChI is InChI=1S/C71H108ClF3N12O12/c1-11-24-52-62(92)77-60(45(3)12-2)67(97)81(6)43-58(90)79(4)44-59(91)83(8)54(40-46-25-15-13-16-26-46)65(95)80(5)42-56(88)76-51(33-31-47-30-32-49(50(72)39-47)71(73,74)75)64(94)87-38-23-29-53(87)63(93)78-70(34-19-20-35-70)69(99)85(10)61(48-27-17-14-18-28-48)68(98)84(9)55(41-57(89)82(52)7)66(96)86-36-21-22-37-86/h30,32,39,45-46,48,51-55,60-61H,11-29,31,33-38,40-44H2,1-10H3,(H,76,88)(H,77,92)(H,78,93)/t45-,51-,52-,53?,54-,55-,60-,61-/m0/s1. The van der Waals surface area contributed by atoms with Crippen molar-refractivity contribution < 1.29 is 70.7 Å². The molecule has 6 aliphatic rings. The van der Waals surface area contributed by atoms with Gasteiger partial charge in [-0.1, -0.05) is 115 Å². The van der Waals surface area contributed by atoms with Crippen molar-refractivity contribution in [3.8, 4) is 0 Å². The Hall–Kier alpha value is -7.06. The number of hydrogen-bond donors (Lipinski definition) is 3. The molecular weight excluding hydrogens is 1310 g/mol. The fourth-order valence-corrected chi connectivity index (χ4v) is 15.9. The van der Waals surface area contributed by atoms with Gasteiger partial charge < -0.3 is 60.0 Å². The number of amides is 12. The average Bonchev–Trinajstić information content (AvgIpc) is 1.75. The third-order valence-corrected chi connectivity index (χ3v) is 22.3. The van der Waals surface area contributed by atoms with E-state index in [1.807, 2.05) is 13.8 Å². The molecule has 99 heavy (non-hydrogen) atoms. The number of aryl methyl sites for hydroxylation is 1. The van der Waals surface area contributed by atoms with E-state index in [4.69, 9.17) is 11.6 Å². The first-order chi connectivity index (χ1) is 46.8. The summed E-state index contributed by atoms with van der Waals surface area (Å²) in [5.74, 6) is -8.49. The van der Waals surface area contributed by atoms with E-state index in [2.05, 4.69) is 16.0 Å². The number of hydrogen-bond acceptors (Lipinski definition) is 12. The third kappa shape index (κ3) is 19.7. The zero-order chi connectivity index (χ0) is 72.8. The van der Waals surface area contributed by atoms with Crippen LogP contribution in [0.25, 0.3) is 0 Å². The Morgan fingerprint density at radius 3 is 1.83 bits per heavy atom. The Labute approximate surface area is 586 Å². The van der Waals surface area contributed by atoms with Crippen molar-refractivity contribution in [1.82, 2.24) is 60.0 Å². The molecule has 24 nitrogen and oxygen atoms in total. The number of rotatable bonds is 11. The van der Waals surface area contributed by atoms with Gasteiger partial charge in [0.15, 0.2) is 0 Å². The lowest BCUT2D eigenvalue weighted by Crippen LogP contribution is -2.65. The van der Waals surface area contributed by atoms with Crippen molar-refractivity contribution in [3.63, 3.8) is 0 Å². The van der Waals surface area contributed by atoms with E-state index in [1.54, 1.807) is 11.8 Å².